The number of H-pyrrole nitrogens is 1. The highest BCUT2D eigenvalue weighted by Gasteiger charge is 2.05. The van der Waals surface area contributed by atoms with E-state index in [1.54, 1.807) is 18.5 Å². The minimum atomic E-state index is -0.248. The third-order valence-corrected chi connectivity index (χ3v) is 3.29. The minimum absolute atomic E-state index is 0.248. The van der Waals surface area contributed by atoms with Gasteiger partial charge in [0.15, 0.2) is 0 Å². The number of imidazole rings is 1. The average Bonchev–Trinajstić information content (AvgIpc) is 2.79. The largest absolute Gasteiger partial charge is 0.355 e. The van der Waals surface area contributed by atoms with Gasteiger partial charge in [-0.2, -0.15) is 0 Å². The van der Waals surface area contributed by atoms with Crippen LogP contribution in [-0.4, -0.2) is 9.97 Å². The summed E-state index contributed by atoms with van der Waals surface area (Å²) < 4.78 is 13.7. The summed E-state index contributed by atoms with van der Waals surface area (Å²) in [4.78, 5) is 7.24. The first-order valence-corrected chi connectivity index (χ1v) is 6.17. The van der Waals surface area contributed by atoms with Gasteiger partial charge in [0.1, 0.15) is 5.82 Å². The molecular weight excluding hydrogens is 297 g/mol. The first kappa shape index (κ1) is 11.2. The monoisotopic (exact) mass is 305 g/mol. The van der Waals surface area contributed by atoms with Gasteiger partial charge in [0.05, 0.1) is 23.0 Å². The van der Waals surface area contributed by atoms with Crippen LogP contribution >= 0.6 is 15.9 Å². The van der Waals surface area contributed by atoms with Gasteiger partial charge in [-0.15, -0.1) is 0 Å². The number of hydrogen-bond acceptors (Lipinski definition) is 2. The van der Waals surface area contributed by atoms with Crippen LogP contribution in [0.5, 0.6) is 0 Å². The van der Waals surface area contributed by atoms with Gasteiger partial charge in [0, 0.05) is 10.2 Å². The molecule has 0 unspecified atom stereocenters. The van der Waals surface area contributed by atoms with Gasteiger partial charge in [-0.05, 0) is 52.3 Å². The van der Waals surface area contributed by atoms with Crippen LogP contribution in [0.4, 0.5) is 15.8 Å². The molecule has 0 aliphatic rings. The molecule has 0 saturated heterocycles. The van der Waals surface area contributed by atoms with Gasteiger partial charge in [-0.25, -0.2) is 9.37 Å². The molecule has 0 bridgehead atoms. The zero-order valence-corrected chi connectivity index (χ0v) is 10.8. The second-order valence-corrected chi connectivity index (χ2v) is 4.74. The third kappa shape index (κ3) is 2.09. The van der Waals surface area contributed by atoms with E-state index < -0.39 is 0 Å². The van der Waals surface area contributed by atoms with Crippen molar-refractivity contribution in [3.8, 4) is 0 Å². The molecule has 3 aromatic rings. The van der Waals surface area contributed by atoms with Gasteiger partial charge in [-0.3, -0.25) is 0 Å². The fourth-order valence-corrected chi connectivity index (χ4v) is 2.18. The molecule has 90 valence electrons. The highest BCUT2D eigenvalue weighted by atomic mass is 79.9. The Kier molecular flexibility index (Phi) is 2.76. The van der Waals surface area contributed by atoms with E-state index in [1.807, 2.05) is 12.1 Å². The number of nitrogens with one attached hydrogen (secondary N) is 2. The van der Waals surface area contributed by atoms with E-state index in [4.69, 9.17) is 0 Å². The van der Waals surface area contributed by atoms with Crippen molar-refractivity contribution < 1.29 is 4.39 Å². The van der Waals surface area contributed by atoms with Crippen molar-refractivity contribution in [3.05, 3.63) is 53.0 Å². The number of anilines is 2. The van der Waals surface area contributed by atoms with Gasteiger partial charge < -0.3 is 10.3 Å². The lowest BCUT2D eigenvalue weighted by Gasteiger charge is -2.08. The smallest absolute Gasteiger partial charge is 0.123 e. The maximum atomic E-state index is 12.8. The number of rotatable bonds is 2. The van der Waals surface area contributed by atoms with Crippen LogP contribution in [-0.2, 0) is 0 Å². The molecule has 3 nitrogen and oxygen atoms in total. The molecule has 0 saturated carbocycles. The predicted octanol–water partition coefficient (Wildman–Crippen LogP) is 4.21. The molecule has 18 heavy (non-hydrogen) atoms. The van der Waals surface area contributed by atoms with E-state index in [9.17, 15) is 4.39 Å². The van der Waals surface area contributed by atoms with Crippen LogP contribution in [0.2, 0.25) is 0 Å². The summed E-state index contributed by atoms with van der Waals surface area (Å²) in [6.45, 7) is 0. The summed E-state index contributed by atoms with van der Waals surface area (Å²) in [6, 6.07) is 10.1. The van der Waals surface area contributed by atoms with Crippen molar-refractivity contribution in [2.24, 2.45) is 0 Å². The van der Waals surface area contributed by atoms with E-state index in [0.29, 0.717) is 0 Å². The molecule has 0 radical (unpaired) electrons. The summed E-state index contributed by atoms with van der Waals surface area (Å²) in [6.07, 6.45) is 1.65. The van der Waals surface area contributed by atoms with Crippen molar-refractivity contribution in [1.29, 1.82) is 0 Å². The Hall–Kier alpha value is -1.88. The van der Waals surface area contributed by atoms with Gasteiger partial charge in [0.2, 0.25) is 0 Å². The van der Waals surface area contributed by atoms with Gasteiger partial charge in [0.25, 0.3) is 0 Å². The molecule has 0 aliphatic heterocycles. The third-order valence-electron chi connectivity index (χ3n) is 2.63. The SMILES string of the molecule is Fc1ccc(Nc2cc3nc[nH]c3cc2Br)cc1. The van der Waals surface area contributed by atoms with E-state index >= 15 is 0 Å². The Labute approximate surface area is 111 Å². The molecule has 1 heterocycles. The second kappa shape index (κ2) is 4.42. The number of aromatic nitrogens is 2. The topological polar surface area (TPSA) is 40.7 Å². The van der Waals surface area contributed by atoms with Crippen molar-refractivity contribution in [2.45, 2.75) is 0 Å². The van der Waals surface area contributed by atoms with E-state index in [-0.39, 0.29) is 5.82 Å². The van der Waals surface area contributed by atoms with Crippen LogP contribution in [0.3, 0.4) is 0 Å². The van der Waals surface area contributed by atoms with Crippen LogP contribution < -0.4 is 5.32 Å². The highest BCUT2D eigenvalue weighted by molar-refractivity contribution is 9.10. The predicted molar refractivity (Wildman–Crippen MR) is 73.5 cm³/mol. The molecule has 3 rings (SSSR count). The maximum Gasteiger partial charge on any atom is 0.123 e. The zero-order valence-electron chi connectivity index (χ0n) is 9.24. The molecule has 0 aliphatic carbocycles. The van der Waals surface area contributed by atoms with Crippen molar-refractivity contribution >= 4 is 38.3 Å². The van der Waals surface area contributed by atoms with Gasteiger partial charge in [-0.1, -0.05) is 0 Å². The number of aromatic amines is 1. The van der Waals surface area contributed by atoms with Crippen molar-refractivity contribution in [3.63, 3.8) is 0 Å². The number of fused-ring (bicyclic) bond motifs is 1. The standard InChI is InChI=1S/C13H9BrFN3/c14-10-5-12-13(17-7-16-12)6-11(10)18-9-3-1-8(15)2-4-9/h1-7,18H,(H,16,17). The Morgan fingerprint density at radius 2 is 1.94 bits per heavy atom. The fourth-order valence-electron chi connectivity index (χ4n) is 1.74. The first-order valence-electron chi connectivity index (χ1n) is 5.37. The van der Waals surface area contributed by atoms with Crippen LogP contribution in [0.1, 0.15) is 0 Å². The Morgan fingerprint density at radius 3 is 2.72 bits per heavy atom. The van der Waals surface area contributed by atoms with E-state index in [2.05, 4.69) is 31.2 Å². The summed E-state index contributed by atoms with van der Waals surface area (Å²) in [5, 5.41) is 3.21. The quantitative estimate of drug-likeness (QED) is 0.744. The summed E-state index contributed by atoms with van der Waals surface area (Å²) in [5.41, 5.74) is 3.56. The molecule has 2 N–H and O–H groups in total. The van der Waals surface area contributed by atoms with E-state index in [1.165, 1.54) is 12.1 Å². The number of nitrogens with zero attached hydrogens (tertiary/aromatic N) is 1. The lowest BCUT2D eigenvalue weighted by molar-refractivity contribution is 0.628. The average molecular weight is 306 g/mol. The Balaban J connectivity index is 1.98. The lowest BCUT2D eigenvalue weighted by Crippen LogP contribution is -1.91. The summed E-state index contributed by atoms with van der Waals surface area (Å²) in [5.74, 6) is -0.248. The normalized spacial score (nSPS) is 10.8. The Bertz CT molecular complexity index is 691. The summed E-state index contributed by atoms with van der Waals surface area (Å²) in [7, 11) is 0. The van der Waals surface area contributed by atoms with Crippen molar-refractivity contribution in [1.82, 2.24) is 9.97 Å². The Morgan fingerprint density at radius 1 is 1.17 bits per heavy atom. The zero-order chi connectivity index (χ0) is 12.5. The molecule has 0 amide bonds. The molecule has 0 fully saturated rings. The molecule has 0 atom stereocenters. The first-order chi connectivity index (χ1) is 8.72. The molecule has 0 spiro atoms. The van der Waals surface area contributed by atoms with Crippen LogP contribution in [0, 0.1) is 5.82 Å². The van der Waals surface area contributed by atoms with Crippen molar-refractivity contribution in [2.75, 3.05) is 5.32 Å². The highest BCUT2D eigenvalue weighted by Crippen LogP contribution is 2.29. The van der Waals surface area contributed by atoms with Crippen LogP contribution in [0.15, 0.2) is 47.2 Å². The molecular formula is C13H9BrFN3. The fraction of sp³-hybridized carbons (Fsp3) is 0. The molecule has 1 aromatic heterocycles. The second-order valence-electron chi connectivity index (χ2n) is 3.88. The lowest BCUT2D eigenvalue weighted by atomic mass is 10.2. The van der Waals surface area contributed by atoms with E-state index in [0.717, 1.165) is 26.9 Å². The summed E-state index contributed by atoms with van der Waals surface area (Å²) >= 11 is 3.49. The van der Waals surface area contributed by atoms with Crippen LogP contribution in [0.25, 0.3) is 11.0 Å². The van der Waals surface area contributed by atoms with Gasteiger partial charge >= 0.3 is 0 Å². The number of hydrogen-bond donors (Lipinski definition) is 2. The number of halogens is 2. The molecule has 2 aromatic carbocycles. The molecule has 5 heteroatoms. The minimum Gasteiger partial charge on any atom is -0.355 e. The number of benzene rings is 2. The maximum absolute atomic E-state index is 12.8.